The van der Waals surface area contributed by atoms with Gasteiger partial charge in [0.2, 0.25) is 5.78 Å². The summed E-state index contributed by atoms with van der Waals surface area (Å²) in [5, 5.41) is 44.5. The van der Waals surface area contributed by atoms with Crippen LogP contribution in [0.1, 0.15) is 37.3 Å². The molecule has 0 unspecified atom stereocenters. The van der Waals surface area contributed by atoms with Gasteiger partial charge in [0.1, 0.15) is 28.9 Å². The van der Waals surface area contributed by atoms with E-state index in [1.807, 2.05) is 0 Å². The van der Waals surface area contributed by atoms with Crippen molar-refractivity contribution in [1.82, 2.24) is 4.90 Å². The minimum absolute atomic E-state index is 0.0399. The Balaban J connectivity index is 2.11. The zero-order valence-corrected chi connectivity index (χ0v) is 20.2. The highest BCUT2D eigenvalue weighted by atomic mass is 16.5. The first-order valence-electron chi connectivity index (χ1n) is 11.5. The number of ketones is 2. The van der Waals surface area contributed by atoms with Crippen LogP contribution in [0.5, 0.6) is 5.75 Å². The van der Waals surface area contributed by atoms with Crippen LogP contribution in [0.2, 0.25) is 0 Å². The summed E-state index contributed by atoms with van der Waals surface area (Å²) in [5.74, 6) is -9.67. The molecular weight excluding hydrogens is 472 g/mol. The number of carbonyl (C=O) groups is 4. The number of benzene rings is 1. The predicted molar refractivity (Wildman–Crippen MR) is 125 cm³/mol. The van der Waals surface area contributed by atoms with Crippen LogP contribution in [-0.4, -0.2) is 80.6 Å². The molecule has 11 nitrogen and oxygen atoms in total. The number of hydrogen-bond donors (Lipinski definition) is 5. The van der Waals surface area contributed by atoms with E-state index in [-0.39, 0.29) is 17.7 Å². The van der Waals surface area contributed by atoms with Gasteiger partial charge in [-0.3, -0.25) is 24.1 Å². The molecule has 1 saturated carbocycles. The number of carbonyl (C=O) groups excluding carboxylic acids is 4. The highest BCUT2D eigenvalue weighted by molar-refractivity contribution is 6.24. The first-order chi connectivity index (χ1) is 16.8. The van der Waals surface area contributed by atoms with Crippen molar-refractivity contribution < 1.29 is 44.3 Å². The Kier molecular flexibility index (Phi) is 5.96. The van der Waals surface area contributed by atoms with Crippen molar-refractivity contribution in [3.8, 4) is 5.75 Å². The number of phenols is 1. The lowest BCUT2D eigenvalue weighted by atomic mass is 9.54. The van der Waals surface area contributed by atoms with Crippen molar-refractivity contribution in [3.05, 3.63) is 46.2 Å². The van der Waals surface area contributed by atoms with Gasteiger partial charge in [-0.25, -0.2) is 0 Å². The number of amides is 1. The number of phenolic OH excluding ortho intramolecular Hbond substituents is 1. The second-order valence-corrected chi connectivity index (χ2v) is 9.61. The Morgan fingerprint density at radius 2 is 1.81 bits per heavy atom. The molecular formula is C25H28N2O9. The molecule has 1 amide bonds. The number of esters is 1. The number of aromatic hydroxyl groups is 1. The van der Waals surface area contributed by atoms with Crippen molar-refractivity contribution in [3.63, 3.8) is 0 Å². The highest BCUT2D eigenvalue weighted by Gasteiger charge is 2.69. The van der Waals surface area contributed by atoms with E-state index >= 15 is 0 Å². The fraction of sp³-hybridized carbons (Fsp3) is 0.440. The molecule has 6 atom stereocenters. The number of fused-ring (bicyclic) bond motifs is 3. The van der Waals surface area contributed by atoms with E-state index in [1.165, 1.54) is 32.0 Å². The molecule has 0 heterocycles. The molecule has 1 aromatic carbocycles. The maximum Gasteiger partial charge on any atom is 0.305 e. The van der Waals surface area contributed by atoms with Crippen LogP contribution >= 0.6 is 0 Å². The smallest absolute Gasteiger partial charge is 0.305 e. The summed E-state index contributed by atoms with van der Waals surface area (Å²) in [4.78, 5) is 53.4. The van der Waals surface area contributed by atoms with Crippen LogP contribution in [0.15, 0.2) is 35.1 Å². The number of nitrogens with zero attached hydrogens (tertiary/aromatic N) is 1. The van der Waals surface area contributed by atoms with E-state index in [0.29, 0.717) is 5.56 Å². The van der Waals surface area contributed by atoms with Gasteiger partial charge in [-0.1, -0.05) is 26.0 Å². The normalized spacial score (nSPS) is 31.7. The van der Waals surface area contributed by atoms with Crippen molar-refractivity contribution in [1.29, 1.82) is 0 Å². The Bertz CT molecular complexity index is 1260. The van der Waals surface area contributed by atoms with Crippen molar-refractivity contribution in [2.24, 2.45) is 17.6 Å². The fourth-order valence-corrected chi connectivity index (χ4v) is 5.92. The van der Waals surface area contributed by atoms with Crippen LogP contribution < -0.4 is 5.73 Å². The number of Topliss-reactive ketones (excluding diaryl/α,β-unsaturated/α-hetero) is 2. The quantitative estimate of drug-likeness (QED) is 0.287. The maximum absolute atomic E-state index is 14.0. The van der Waals surface area contributed by atoms with Gasteiger partial charge in [-0.15, -0.1) is 0 Å². The SMILES string of the molecule is CCC(=O)O[C@@H]1[C@@H]2C(=C(O)c3c(O)cccc3[C@H]2C)C(=O)[C@@]2(O)C(O)=C(C(N)=O)C(=O)[C@H](N(C)C)[C@@H]12. The van der Waals surface area contributed by atoms with Gasteiger partial charge in [0.15, 0.2) is 11.4 Å². The number of nitrogens with two attached hydrogens (primary N) is 1. The molecule has 0 spiro atoms. The Morgan fingerprint density at radius 3 is 2.36 bits per heavy atom. The van der Waals surface area contributed by atoms with Crippen molar-refractivity contribution in [2.75, 3.05) is 14.1 Å². The summed E-state index contributed by atoms with van der Waals surface area (Å²) >= 11 is 0. The van der Waals surface area contributed by atoms with Gasteiger partial charge in [0, 0.05) is 17.9 Å². The van der Waals surface area contributed by atoms with Crippen LogP contribution in [-0.2, 0) is 23.9 Å². The van der Waals surface area contributed by atoms with E-state index in [2.05, 4.69) is 0 Å². The van der Waals surface area contributed by atoms with Crippen LogP contribution in [0.25, 0.3) is 5.76 Å². The van der Waals surface area contributed by atoms with Crippen LogP contribution in [0, 0.1) is 11.8 Å². The van der Waals surface area contributed by atoms with Gasteiger partial charge in [-0.05, 0) is 31.6 Å². The third kappa shape index (κ3) is 3.19. The third-order valence-corrected chi connectivity index (χ3v) is 7.52. The molecule has 192 valence electrons. The molecule has 1 fully saturated rings. The molecule has 0 bridgehead atoms. The molecule has 0 aromatic heterocycles. The average molecular weight is 501 g/mol. The first-order valence-corrected chi connectivity index (χ1v) is 11.5. The number of aliphatic hydroxyl groups is 3. The summed E-state index contributed by atoms with van der Waals surface area (Å²) < 4.78 is 5.74. The monoisotopic (exact) mass is 500 g/mol. The Labute approximate surface area is 206 Å². The Hall–Kier alpha value is -3.70. The number of ether oxygens (including phenoxy) is 1. The standard InChI is InChI=1S/C25H28N2O9/c1-5-12(29)36-21-13-9(2)10-7-6-8-11(28)14(10)19(30)15(13)22(32)25(35)17(21)18(27(3)4)20(31)16(23(25)33)24(26)34/h6-9,13,17-18,21,28,30,33,35H,5H2,1-4H3,(H2,26,34)/t9-,13+,17+,18-,21-,25-/m1/s1. The molecule has 11 heteroatoms. The molecule has 0 aliphatic heterocycles. The van der Waals surface area contributed by atoms with Crippen LogP contribution in [0.3, 0.4) is 0 Å². The molecule has 3 aliphatic carbocycles. The molecule has 6 N–H and O–H groups in total. The summed E-state index contributed by atoms with van der Waals surface area (Å²) in [6.45, 7) is 3.23. The van der Waals surface area contributed by atoms with E-state index in [0.717, 1.165) is 0 Å². The lowest BCUT2D eigenvalue weighted by Gasteiger charge is -2.54. The van der Waals surface area contributed by atoms with E-state index in [1.54, 1.807) is 19.1 Å². The van der Waals surface area contributed by atoms with Gasteiger partial charge >= 0.3 is 5.97 Å². The van der Waals surface area contributed by atoms with E-state index in [9.17, 15) is 39.6 Å². The first kappa shape index (κ1) is 25.4. The van der Waals surface area contributed by atoms with Crippen LogP contribution in [0.4, 0.5) is 0 Å². The zero-order chi connectivity index (χ0) is 26.9. The molecule has 36 heavy (non-hydrogen) atoms. The lowest BCUT2D eigenvalue weighted by Crippen LogP contribution is -2.71. The number of rotatable bonds is 4. The summed E-state index contributed by atoms with van der Waals surface area (Å²) in [6, 6.07) is 3.10. The van der Waals surface area contributed by atoms with Gasteiger partial charge in [-0.2, -0.15) is 0 Å². The zero-order valence-electron chi connectivity index (χ0n) is 20.2. The van der Waals surface area contributed by atoms with Gasteiger partial charge in [0.25, 0.3) is 5.91 Å². The summed E-state index contributed by atoms with van der Waals surface area (Å²) in [7, 11) is 2.93. The minimum Gasteiger partial charge on any atom is -0.508 e. The largest absolute Gasteiger partial charge is 0.508 e. The maximum atomic E-state index is 14.0. The predicted octanol–water partition coefficient (Wildman–Crippen LogP) is 0.457. The van der Waals surface area contributed by atoms with Crippen molar-refractivity contribution in [2.45, 2.75) is 43.9 Å². The second kappa shape index (κ2) is 8.45. The summed E-state index contributed by atoms with van der Waals surface area (Å²) in [5.41, 5.74) is 1.47. The molecule has 1 aromatic rings. The van der Waals surface area contributed by atoms with E-state index in [4.69, 9.17) is 10.5 Å². The molecule has 0 saturated heterocycles. The van der Waals surface area contributed by atoms with Gasteiger partial charge < -0.3 is 30.9 Å². The summed E-state index contributed by atoms with van der Waals surface area (Å²) in [6.07, 6.45) is -1.47. The van der Waals surface area contributed by atoms with Gasteiger partial charge in [0.05, 0.1) is 17.5 Å². The number of hydrogen-bond acceptors (Lipinski definition) is 10. The topological polar surface area (TPSA) is 188 Å². The molecule has 0 radical (unpaired) electrons. The number of likely N-dealkylation sites (N-methyl/N-ethyl adjacent to an activating group) is 1. The molecule has 4 rings (SSSR count). The third-order valence-electron chi connectivity index (χ3n) is 7.52. The van der Waals surface area contributed by atoms with Crippen molar-refractivity contribution >= 4 is 29.2 Å². The Morgan fingerprint density at radius 1 is 1.17 bits per heavy atom. The lowest BCUT2D eigenvalue weighted by molar-refractivity contribution is -0.185. The molecule has 3 aliphatic rings. The second-order valence-electron chi connectivity index (χ2n) is 9.61. The average Bonchev–Trinajstić information content (AvgIpc) is 2.80. The highest BCUT2D eigenvalue weighted by Crippen LogP contribution is 2.56. The number of aliphatic hydroxyl groups excluding tert-OH is 2. The fourth-order valence-electron chi connectivity index (χ4n) is 5.92. The minimum atomic E-state index is -2.94. The van der Waals surface area contributed by atoms with E-state index < -0.39 is 81.6 Å². The number of primary amides is 1.